The van der Waals surface area contributed by atoms with E-state index in [1.807, 2.05) is 44.2 Å². The number of amides is 1. The molecule has 1 fully saturated rings. The molecule has 32 heavy (non-hydrogen) atoms. The molecule has 0 bridgehead atoms. The summed E-state index contributed by atoms with van der Waals surface area (Å²) < 4.78 is 13.0. The Morgan fingerprint density at radius 2 is 1.88 bits per heavy atom. The maximum absolute atomic E-state index is 12.5. The third-order valence-electron chi connectivity index (χ3n) is 5.17. The van der Waals surface area contributed by atoms with Gasteiger partial charge in [0, 0.05) is 6.54 Å². The lowest BCUT2D eigenvalue weighted by Gasteiger charge is -2.16. The van der Waals surface area contributed by atoms with E-state index >= 15 is 0 Å². The van der Waals surface area contributed by atoms with Gasteiger partial charge in [0.1, 0.15) is 12.3 Å². The standard InChI is InChI=1S/C25H23IN2O3S/c1-3-28-24(29)21(27-25(28)32)13-16-12-20(26)23(22(14-16)30-4-2)31-15-18-10-7-9-17-8-5-6-11-19(17)18/h5-14H,3-4,15H2,1-2H3,(H,27,32). The molecule has 1 amide bonds. The highest BCUT2D eigenvalue weighted by Crippen LogP contribution is 2.36. The van der Waals surface area contributed by atoms with E-state index in [1.54, 1.807) is 6.08 Å². The maximum Gasteiger partial charge on any atom is 0.276 e. The molecule has 1 aliphatic rings. The van der Waals surface area contributed by atoms with Crippen molar-refractivity contribution in [2.75, 3.05) is 13.2 Å². The Labute approximate surface area is 206 Å². The van der Waals surface area contributed by atoms with Crippen LogP contribution < -0.4 is 14.8 Å². The van der Waals surface area contributed by atoms with Crippen molar-refractivity contribution >= 4 is 62.7 Å². The van der Waals surface area contributed by atoms with E-state index < -0.39 is 0 Å². The van der Waals surface area contributed by atoms with Crippen molar-refractivity contribution < 1.29 is 14.3 Å². The zero-order valence-corrected chi connectivity index (χ0v) is 20.8. The maximum atomic E-state index is 12.5. The summed E-state index contributed by atoms with van der Waals surface area (Å²) in [6, 6.07) is 18.4. The molecule has 0 radical (unpaired) electrons. The zero-order valence-electron chi connectivity index (χ0n) is 17.9. The summed E-state index contributed by atoms with van der Waals surface area (Å²) in [7, 11) is 0. The molecule has 3 aromatic carbocycles. The topological polar surface area (TPSA) is 50.8 Å². The van der Waals surface area contributed by atoms with E-state index in [2.05, 4.69) is 52.2 Å². The van der Waals surface area contributed by atoms with Gasteiger partial charge in [-0.2, -0.15) is 0 Å². The Morgan fingerprint density at radius 3 is 2.62 bits per heavy atom. The largest absolute Gasteiger partial charge is 0.490 e. The predicted octanol–water partition coefficient (Wildman–Crippen LogP) is 5.50. The summed E-state index contributed by atoms with van der Waals surface area (Å²) in [5, 5.41) is 5.78. The first-order valence-electron chi connectivity index (χ1n) is 10.4. The van der Waals surface area contributed by atoms with Gasteiger partial charge < -0.3 is 14.8 Å². The minimum absolute atomic E-state index is 0.123. The van der Waals surface area contributed by atoms with Crippen molar-refractivity contribution in [3.63, 3.8) is 0 Å². The van der Waals surface area contributed by atoms with Crippen molar-refractivity contribution in [2.45, 2.75) is 20.5 Å². The van der Waals surface area contributed by atoms with Gasteiger partial charge in [-0.1, -0.05) is 42.5 Å². The number of rotatable bonds is 7. The predicted molar refractivity (Wildman–Crippen MR) is 140 cm³/mol. The van der Waals surface area contributed by atoms with Crippen molar-refractivity contribution in [3.05, 3.63) is 75.0 Å². The van der Waals surface area contributed by atoms with Gasteiger partial charge in [0.05, 0.1) is 10.2 Å². The summed E-state index contributed by atoms with van der Waals surface area (Å²) in [4.78, 5) is 14.1. The Balaban J connectivity index is 1.63. The second kappa shape index (κ2) is 9.87. The van der Waals surface area contributed by atoms with E-state index in [-0.39, 0.29) is 5.91 Å². The van der Waals surface area contributed by atoms with Crippen molar-refractivity contribution in [3.8, 4) is 11.5 Å². The van der Waals surface area contributed by atoms with E-state index in [1.165, 1.54) is 15.7 Å². The van der Waals surface area contributed by atoms with Crippen LogP contribution in [0.3, 0.4) is 0 Å². The van der Waals surface area contributed by atoms with Gasteiger partial charge in [-0.3, -0.25) is 9.69 Å². The van der Waals surface area contributed by atoms with E-state index in [0.717, 1.165) is 14.7 Å². The lowest BCUT2D eigenvalue weighted by Crippen LogP contribution is -2.30. The highest BCUT2D eigenvalue weighted by Gasteiger charge is 2.29. The van der Waals surface area contributed by atoms with Crippen molar-refractivity contribution in [1.82, 2.24) is 10.2 Å². The number of carbonyl (C=O) groups excluding carboxylic acids is 1. The molecule has 1 aliphatic heterocycles. The molecule has 7 heteroatoms. The molecule has 164 valence electrons. The molecule has 0 unspecified atom stereocenters. The highest BCUT2D eigenvalue weighted by atomic mass is 127. The van der Waals surface area contributed by atoms with Crippen LogP contribution in [-0.2, 0) is 11.4 Å². The fourth-order valence-electron chi connectivity index (χ4n) is 3.67. The molecule has 1 N–H and O–H groups in total. The molecule has 0 atom stereocenters. The summed E-state index contributed by atoms with van der Waals surface area (Å²) in [6.45, 7) is 5.30. The molecule has 0 saturated carbocycles. The van der Waals surface area contributed by atoms with E-state index in [9.17, 15) is 4.79 Å². The first kappa shape index (κ1) is 22.5. The summed E-state index contributed by atoms with van der Waals surface area (Å²) in [6.07, 6.45) is 1.80. The third kappa shape index (κ3) is 4.59. The molecule has 1 saturated heterocycles. The third-order valence-corrected chi connectivity index (χ3v) is 6.30. The fraction of sp³-hybridized carbons (Fsp3) is 0.200. The number of ether oxygens (including phenoxy) is 2. The highest BCUT2D eigenvalue weighted by molar-refractivity contribution is 14.1. The van der Waals surface area contributed by atoms with Crippen molar-refractivity contribution in [1.29, 1.82) is 0 Å². The minimum Gasteiger partial charge on any atom is -0.490 e. The first-order valence-corrected chi connectivity index (χ1v) is 11.9. The Kier molecular flexibility index (Phi) is 6.95. The molecule has 0 spiro atoms. The quantitative estimate of drug-likeness (QED) is 0.236. The van der Waals surface area contributed by atoms with Crippen LogP contribution in [0.4, 0.5) is 0 Å². The van der Waals surface area contributed by atoms with Gasteiger partial charge >= 0.3 is 0 Å². The van der Waals surface area contributed by atoms with Crippen LogP contribution in [0.5, 0.6) is 11.5 Å². The number of halogens is 1. The molecule has 4 rings (SSSR count). The van der Waals surface area contributed by atoms with E-state index in [0.29, 0.717) is 42.1 Å². The zero-order chi connectivity index (χ0) is 22.7. The lowest BCUT2D eigenvalue weighted by molar-refractivity contribution is -0.122. The number of thiocarbonyl (C=S) groups is 1. The Bertz CT molecular complexity index is 1220. The summed E-state index contributed by atoms with van der Waals surface area (Å²) in [5.74, 6) is 1.22. The average molecular weight is 558 g/mol. The van der Waals surface area contributed by atoms with Gasteiger partial charge in [0.25, 0.3) is 5.91 Å². The van der Waals surface area contributed by atoms with Gasteiger partial charge in [-0.25, -0.2) is 0 Å². The summed E-state index contributed by atoms with van der Waals surface area (Å²) in [5.41, 5.74) is 2.41. The van der Waals surface area contributed by atoms with Gasteiger partial charge in [0.15, 0.2) is 16.6 Å². The van der Waals surface area contributed by atoms with Crippen LogP contribution in [0.2, 0.25) is 0 Å². The number of nitrogens with one attached hydrogen (secondary N) is 1. The molecule has 1 heterocycles. The molecule has 5 nitrogen and oxygen atoms in total. The minimum atomic E-state index is -0.123. The second-order valence-corrected chi connectivity index (χ2v) is 8.78. The van der Waals surface area contributed by atoms with Crippen molar-refractivity contribution in [2.24, 2.45) is 0 Å². The van der Waals surface area contributed by atoms with Crippen LogP contribution in [0.25, 0.3) is 16.8 Å². The van der Waals surface area contributed by atoms with Crippen LogP contribution in [0, 0.1) is 3.57 Å². The van der Waals surface area contributed by atoms with Gasteiger partial charge in [-0.05, 0) is 88.8 Å². The number of nitrogens with zero attached hydrogens (tertiary/aromatic N) is 1. The lowest BCUT2D eigenvalue weighted by atomic mass is 10.1. The number of benzene rings is 3. The fourth-order valence-corrected chi connectivity index (χ4v) is 4.77. The van der Waals surface area contributed by atoms with Crippen LogP contribution in [0.15, 0.2) is 60.3 Å². The summed E-state index contributed by atoms with van der Waals surface area (Å²) >= 11 is 7.49. The molecular weight excluding hydrogens is 535 g/mol. The SMILES string of the molecule is CCOc1cc(C=C2NC(=S)N(CC)C2=O)cc(I)c1OCc1cccc2ccccc12. The van der Waals surface area contributed by atoms with E-state index in [4.69, 9.17) is 21.7 Å². The molecule has 0 aromatic heterocycles. The molecule has 3 aromatic rings. The number of carbonyl (C=O) groups is 1. The Hall–Kier alpha value is -2.65. The van der Waals surface area contributed by atoms with Crippen LogP contribution in [0.1, 0.15) is 25.0 Å². The Morgan fingerprint density at radius 1 is 1.09 bits per heavy atom. The monoisotopic (exact) mass is 558 g/mol. The number of fused-ring (bicyclic) bond motifs is 1. The van der Waals surface area contributed by atoms with Gasteiger partial charge in [0.2, 0.25) is 0 Å². The number of hydrogen-bond donors (Lipinski definition) is 1. The van der Waals surface area contributed by atoms with Crippen LogP contribution in [-0.4, -0.2) is 29.1 Å². The first-order chi connectivity index (χ1) is 15.5. The number of likely N-dealkylation sites (N-methyl/N-ethyl adjacent to an activating group) is 1. The normalized spacial score (nSPS) is 14.8. The average Bonchev–Trinajstić information content (AvgIpc) is 3.05. The molecular formula is C25H23IN2O3S. The van der Waals surface area contributed by atoms with Gasteiger partial charge in [-0.15, -0.1) is 0 Å². The van der Waals surface area contributed by atoms with Crippen LogP contribution >= 0.6 is 34.8 Å². The second-order valence-electron chi connectivity index (χ2n) is 7.23. The molecule has 0 aliphatic carbocycles. The smallest absolute Gasteiger partial charge is 0.276 e. The number of hydrogen-bond acceptors (Lipinski definition) is 4.